The van der Waals surface area contributed by atoms with Gasteiger partial charge in [-0.25, -0.2) is 0 Å². The molecule has 0 bridgehead atoms. The second-order valence-corrected chi connectivity index (χ2v) is 8.04. The number of nitrogens with one attached hydrogen (secondary N) is 1. The summed E-state index contributed by atoms with van der Waals surface area (Å²) in [5.41, 5.74) is -0.131. The quantitative estimate of drug-likeness (QED) is 0.822. The maximum absolute atomic E-state index is 11.5. The van der Waals surface area contributed by atoms with Crippen molar-refractivity contribution < 1.29 is 9.90 Å². The molecule has 0 aromatic heterocycles. The standard InChI is InChI=1S/C18H33NO2/c1-12-16(11-10-15(17(20)21)18(12,3)4)19-13(2)14-8-6-5-7-9-14/h12-16,19H,5-11H2,1-4H3,(H,20,21). The molecule has 21 heavy (non-hydrogen) atoms. The fraction of sp³-hybridized carbons (Fsp3) is 0.944. The van der Waals surface area contributed by atoms with Crippen molar-refractivity contribution in [2.24, 2.45) is 23.2 Å². The summed E-state index contributed by atoms with van der Waals surface area (Å²) < 4.78 is 0. The van der Waals surface area contributed by atoms with Gasteiger partial charge >= 0.3 is 5.97 Å². The topological polar surface area (TPSA) is 49.3 Å². The number of hydrogen-bond donors (Lipinski definition) is 2. The van der Waals surface area contributed by atoms with Gasteiger partial charge in [-0.3, -0.25) is 4.79 Å². The van der Waals surface area contributed by atoms with E-state index >= 15 is 0 Å². The Kier molecular flexibility index (Phi) is 5.34. The normalized spacial score (nSPS) is 35.3. The third kappa shape index (κ3) is 3.61. The van der Waals surface area contributed by atoms with Crippen LogP contribution in [0.3, 0.4) is 0 Å². The van der Waals surface area contributed by atoms with Crippen molar-refractivity contribution in [3.05, 3.63) is 0 Å². The molecule has 2 aliphatic carbocycles. The highest BCUT2D eigenvalue weighted by Gasteiger charge is 2.46. The van der Waals surface area contributed by atoms with Crippen LogP contribution in [0.2, 0.25) is 0 Å². The summed E-state index contributed by atoms with van der Waals surface area (Å²) in [5.74, 6) is 0.394. The van der Waals surface area contributed by atoms with E-state index in [0.717, 1.165) is 18.8 Å². The number of aliphatic carboxylic acids is 1. The summed E-state index contributed by atoms with van der Waals surface area (Å²) >= 11 is 0. The molecule has 2 aliphatic rings. The molecule has 0 aromatic carbocycles. The molecule has 4 atom stereocenters. The van der Waals surface area contributed by atoms with E-state index in [-0.39, 0.29) is 11.3 Å². The molecule has 3 nitrogen and oxygen atoms in total. The van der Waals surface area contributed by atoms with Crippen LogP contribution in [0.1, 0.15) is 72.6 Å². The van der Waals surface area contributed by atoms with Gasteiger partial charge in [-0.1, -0.05) is 40.0 Å². The zero-order chi connectivity index (χ0) is 15.6. The Morgan fingerprint density at radius 3 is 2.33 bits per heavy atom. The van der Waals surface area contributed by atoms with E-state index in [2.05, 4.69) is 33.0 Å². The van der Waals surface area contributed by atoms with Gasteiger partial charge in [0, 0.05) is 12.1 Å². The van der Waals surface area contributed by atoms with E-state index in [0.29, 0.717) is 18.0 Å². The largest absolute Gasteiger partial charge is 0.481 e. The van der Waals surface area contributed by atoms with Crippen molar-refractivity contribution in [2.75, 3.05) is 0 Å². The van der Waals surface area contributed by atoms with Crippen molar-refractivity contribution in [2.45, 2.75) is 84.7 Å². The van der Waals surface area contributed by atoms with Crippen LogP contribution in [0.4, 0.5) is 0 Å². The summed E-state index contributed by atoms with van der Waals surface area (Å²) in [5, 5.41) is 13.3. The first kappa shape index (κ1) is 16.8. The molecule has 0 heterocycles. The lowest BCUT2D eigenvalue weighted by Crippen LogP contribution is -2.54. The first-order chi connectivity index (χ1) is 9.84. The smallest absolute Gasteiger partial charge is 0.307 e. The van der Waals surface area contributed by atoms with E-state index in [1.807, 2.05) is 0 Å². The Balaban J connectivity index is 1.96. The number of carboxylic acid groups (broad SMARTS) is 1. The Morgan fingerprint density at radius 2 is 1.76 bits per heavy atom. The van der Waals surface area contributed by atoms with E-state index in [4.69, 9.17) is 0 Å². The molecule has 0 aliphatic heterocycles. The molecule has 0 spiro atoms. The number of carbonyl (C=O) groups is 1. The van der Waals surface area contributed by atoms with Crippen molar-refractivity contribution in [3.63, 3.8) is 0 Å². The second kappa shape index (κ2) is 6.68. The molecule has 2 saturated carbocycles. The molecular weight excluding hydrogens is 262 g/mol. The van der Waals surface area contributed by atoms with Crippen molar-refractivity contribution in [1.29, 1.82) is 0 Å². The van der Waals surface area contributed by atoms with Crippen molar-refractivity contribution >= 4 is 5.97 Å². The Labute approximate surface area is 129 Å². The predicted octanol–water partition coefficient (Wildman–Crippen LogP) is 4.07. The van der Waals surface area contributed by atoms with Gasteiger partial charge in [0.2, 0.25) is 0 Å². The van der Waals surface area contributed by atoms with Crippen LogP contribution >= 0.6 is 0 Å². The molecule has 2 rings (SSSR count). The van der Waals surface area contributed by atoms with Crippen LogP contribution in [0.15, 0.2) is 0 Å². The fourth-order valence-electron chi connectivity index (χ4n) is 4.58. The lowest BCUT2D eigenvalue weighted by Gasteiger charge is -2.47. The van der Waals surface area contributed by atoms with Crippen LogP contribution in [0.25, 0.3) is 0 Å². The summed E-state index contributed by atoms with van der Waals surface area (Å²) in [6.45, 7) is 8.84. The average Bonchev–Trinajstić information content (AvgIpc) is 2.44. The highest BCUT2D eigenvalue weighted by molar-refractivity contribution is 5.71. The molecule has 0 saturated heterocycles. The van der Waals surface area contributed by atoms with Gasteiger partial charge in [0.05, 0.1) is 5.92 Å². The molecule has 3 heteroatoms. The van der Waals surface area contributed by atoms with Gasteiger partial charge in [0.15, 0.2) is 0 Å². The SMILES string of the molecule is CC(NC1CCC(C(=O)O)C(C)(C)C1C)C1CCCCC1. The van der Waals surface area contributed by atoms with Crippen molar-refractivity contribution in [1.82, 2.24) is 5.32 Å². The predicted molar refractivity (Wildman–Crippen MR) is 86.3 cm³/mol. The van der Waals surface area contributed by atoms with Gasteiger partial charge in [-0.2, -0.15) is 0 Å². The minimum Gasteiger partial charge on any atom is -0.481 e. The van der Waals surface area contributed by atoms with Gasteiger partial charge < -0.3 is 10.4 Å². The van der Waals surface area contributed by atoms with Crippen molar-refractivity contribution in [3.8, 4) is 0 Å². The van der Waals surface area contributed by atoms with Gasteiger partial charge in [0.1, 0.15) is 0 Å². The molecule has 4 unspecified atom stereocenters. The molecule has 122 valence electrons. The van der Waals surface area contributed by atoms with Crippen LogP contribution in [0, 0.1) is 23.2 Å². The summed E-state index contributed by atoms with van der Waals surface area (Å²) in [6, 6.07) is 1.03. The molecule has 2 N–H and O–H groups in total. The van der Waals surface area contributed by atoms with Crippen LogP contribution < -0.4 is 5.32 Å². The van der Waals surface area contributed by atoms with Crippen LogP contribution in [0.5, 0.6) is 0 Å². The molecule has 0 aromatic rings. The number of hydrogen-bond acceptors (Lipinski definition) is 2. The first-order valence-corrected chi connectivity index (χ1v) is 8.83. The van der Waals surface area contributed by atoms with E-state index in [1.165, 1.54) is 32.1 Å². The zero-order valence-corrected chi connectivity index (χ0v) is 14.2. The van der Waals surface area contributed by atoms with Crippen LogP contribution in [-0.4, -0.2) is 23.2 Å². The zero-order valence-electron chi connectivity index (χ0n) is 14.2. The summed E-state index contributed by atoms with van der Waals surface area (Å²) in [7, 11) is 0. The lowest BCUT2D eigenvalue weighted by molar-refractivity contribution is -0.150. The second-order valence-electron chi connectivity index (χ2n) is 8.04. The maximum atomic E-state index is 11.5. The van der Waals surface area contributed by atoms with Gasteiger partial charge in [-0.15, -0.1) is 0 Å². The molecule has 0 radical (unpaired) electrons. The highest BCUT2D eigenvalue weighted by atomic mass is 16.4. The Morgan fingerprint density at radius 1 is 1.14 bits per heavy atom. The molecule has 0 amide bonds. The summed E-state index contributed by atoms with van der Waals surface area (Å²) in [4.78, 5) is 11.5. The fourth-order valence-corrected chi connectivity index (χ4v) is 4.58. The first-order valence-electron chi connectivity index (χ1n) is 8.83. The minimum atomic E-state index is -0.620. The van der Waals surface area contributed by atoms with E-state index < -0.39 is 5.97 Å². The molecule has 2 fully saturated rings. The Hall–Kier alpha value is -0.570. The molecular formula is C18H33NO2. The van der Waals surface area contributed by atoms with Gasteiger partial charge in [0.25, 0.3) is 0 Å². The highest BCUT2D eigenvalue weighted by Crippen LogP contribution is 2.45. The van der Waals surface area contributed by atoms with Crippen LogP contribution in [-0.2, 0) is 4.79 Å². The van der Waals surface area contributed by atoms with E-state index in [9.17, 15) is 9.90 Å². The van der Waals surface area contributed by atoms with Gasteiger partial charge in [-0.05, 0) is 49.9 Å². The third-order valence-electron chi connectivity index (χ3n) is 6.57. The number of carboxylic acids is 1. The monoisotopic (exact) mass is 295 g/mol. The number of rotatable bonds is 4. The maximum Gasteiger partial charge on any atom is 0.307 e. The minimum absolute atomic E-state index is 0.131. The Bertz CT molecular complexity index is 360. The lowest BCUT2D eigenvalue weighted by atomic mass is 9.61. The summed E-state index contributed by atoms with van der Waals surface area (Å²) in [6.07, 6.45) is 8.68. The third-order valence-corrected chi connectivity index (χ3v) is 6.57. The average molecular weight is 295 g/mol. The van der Waals surface area contributed by atoms with E-state index in [1.54, 1.807) is 0 Å².